The Morgan fingerprint density at radius 2 is 2.24 bits per heavy atom. The number of hydrogen-bond donors (Lipinski definition) is 1. The fourth-order valence-electron chi connectivity index (χ4n) is 1.69. The molecule has 1 N–H and O–H groups in total. The van der Waals surface area contributed by atoms with Gasteiger partial charge >= 0.3 is 0 Å². The van der Waals surface area contributed by atoms with Crippen molar-refractivity contribution in [2.75, 3.05) is 7.05 Å². The molecule has 0 bridgehead atoms. The van der Waals surface area contributed by atoms with E-state index >= 15 is 0 Å². The summed E-state index contributed by atoms with van der Waals surface area (Å²) in [7, 11) is 1.72. The van der Waals surface area contributed by atoms with Crippen LogP contribution in [0.2, 0.25) is 0 Å². The molecule has 0 aliphatic heterocycles. The molecule has 1 aromatic heterocycles. The number of benzene rings is 1. The number of aromatic nitrogens is 1. The summed E-state index contributed by atoms with van der Waals surface area (Å²) in [5.41, 5.74) is 0.336. The highest BCUT2D eigenvalue weighted by Gasteiger charge is 2.17. The molecule has 0 saturated carbocycles. The Hall–Kier alpha value is -1.33. The molecule has 0 spiro atoms. The third-order valence-corrected chi connectivity index (χ3v) is 3.37. The normalized spacial score (nSPS) is 12.6. The van der Waals surface area contributed by atoms with Crippen LogP contribution in [-0.2, 0) is 6.42 Å². The van der Waals surface area contributed by atoms with Gasteiger partial charge in [0.05, 0.1) is 5.01 Å². The fourth-order valence-corrected chi connectivity index (χ4v) is 2.35. The summed E-state index contributed by atoms with van der Waals surface area (Å²) in [5, 5.41) is 5.75. The minimum absolute atomic E-state index is 0.267. The van der Waals surface area contributed by atoms with Gasteiger partial charge in [-0.1, -0.05) is 12.1 Å². The van der Waals surface area contributed by atoms with Crippen molar-refractivity contribution in [1.29, 1.82) is 0 Å². The zero-order valence-electron chi connectivity index (χ0n) is 9.28. The van der Waals surface area contributed by atoms with Crippen molar-refractivity contribution in [3.05, 3.63) is 52.0 Å². The predicted octanol–water partition coefficient (Wildman–Crippen LogP) is 2.92. The molecule has 0 radical (unpaired) electrons. The molecule has 1 unspecified atom stereocenters. The van der Waals surface area contributed by atoms with E-state index in [-0.39, 0.29) is 6.04 Å². The molecule has 0 aliphatic rings. The molecule has 1 aromatic carbocycles. The number of rotatable bonds is 4. The van der Waals surface area contributed by atoms with Crippen molar-refractivity contribution < 1.29 is 8.78 Å². The molecule has 0 saturated heterocycles. The van der Waals surface area contributed by atoms with Crippen LogP contribution in [0.3, 0.4) is 0 Å². The second kappa shape index (κ2) is 5.33. The van der Waals surface area contributed by atoms with Gasteiger partial charge in [0.15, 0.2) is 11.6 Å². The van der Waals surface area contributed by atoms with Gasteiger partial charge in [-0.3, -0.25) is 0 Å². The van der Waals surface area contributed by atoms with Gasteiger partial charge < -0.3 is 5.32 Å². The van der Waals surface area contributed by atoms with Gasteiger partial charge in [0, 0.05) is 29.6 Å². The Balaban J connectivity index is 2.26. The summed E-state index contributed by atoms with van der Waals surface area (Å²) in [4.78, 5) is 4.14. The monoisotopic (exact) mass is 254 g/mol. The minimum atomic E-state index is -0.818. The molecule has 1 heterocycles. The molecule has 2 nitrogen and oxygen atoms in total. The zero-order valence-corrected chi connectivity index (χ0v) is 10.1. The molecular weight excluding hydrogens is 242 g/mol. The van der Waals surface area contributed by atoms with Crippen molar-refractivity contribution in [1.82, 2.24) is 10.3 Å². The number of thiazole rings is 1. The van der Waals surface area contributed by atoms with Gasteiger partial charge in [-0.2, -0.15) is 0 Å². The maximum Gasteiger partial charge on any atom is 0.163 e. The second-order valence-corrected chi connectivity index (χ2v) is 4.59. The quantitative estimate of drug-likeness (QED) is 0.907. The Bertz CT molecular complexity index is 485. The number of hydrogen-bond acceptors (Lipinski definition) is 3. The predicted molar refractivity (Wildman–Crippen MR) is 64.0 cm³/mol. The molecule has 17 heavy (non-hydrogen) atoms. The molecule has 1 atom stereocenters. The Morgan fingerprint density at radius 1 is 1.41 bits per heavy atom. The van der Waals surface area contributed by atoms with Crippen molar-refractivity contribution in [3.63, 3.8) is 0 Å². The highest BCUT2D eigenvalue weighted by atomic mass is 32.1. The summed E-state index contributed by atoms with van der Waals surface area (Å²) in [5.74, 6) is -1.61. The number of nitrogens with one attached hydrogen (secondary N) is 1. The summed E-state index contributed by atoms with van der Waals surface area (Å²) in [6.45, 7) is 0. The van der Waals surface area contributed by atoms with Crippen molar-refractivity contribution in [2.24, 2.45) is 0 Å². The first-order chi connectivity index (χ1) is 8.22. The summed E-state index contributed by atoms with van der Waals surface area (Å²) < 4.78 is 26.8. The fraction of sp³-hybridized carbons (Fsp3) is 0.250. The van der Waals surface area contributed by atoms with E-state index in [9.17, 15) is 8.78 Å². The maximum atomic E-state index is 13.6. The van der Waals surface area contributed by atoms with Gasteiger partial charge in [0.1, 0.15) is 0 Å². The maximum absolute atomic E-state index is 13.6. The molecule has 0 amide bonds. The topological polar surface area (TPSA) is 24.9 Å². The lowest BCUT2D eigenvalue weighted by atomic mass is 10.0. The third-order valence-electron chi connectivity index (χ3n) is 2.57. The van der Waals surface area contributed by atoms with Gasteiger partial charge in [-0.15, -0.1) is 11.3 Å². The smallest absolute Gasteiger partial charge is 0.163 e. The molecule has 2 aromatic rings. The van der Waals surface area contributed by atoms with Crippen molar-refractivity contribution in [2.45, 2.75) is 12.5 Å². The van der Waals surface area contributed by atoms with E-state index < -0.39 is 11.6 Å². The van der Waals surface area contributed by atoms with Crippen LogP contribution >= 0.6 is 11.3 Å². The standard InChI is InChI=1S/C12H12F2N2S/c1-15-10(7-11-16-5-6-17-11)8-3-2-4-9(13)12(8)14/h2-6,10,15H,7H2,1H3. The first-order valence-corrected chi connectivity index (χ1v) is 6.10. The van der Waals surface area contributed by atoms with Crippen molar-refractivity contribution >= 4 is 11.3 Å². The molecule has 2 rings (SSSR count). The Kier molecular flexibility index (Phi) is 3.81. The van der Waals surface area contributed by atoms with Crippen LogP contribution in [0.15, 0.2) is 29.8 Å². The number of halogens is 2. The average molecular weight is 254 g/mol. The van der Waals surface area contributed by atoms with E-state index in [0.29, 0.717) is 12.0 Å². The summed E-state index contributed by atoms with van der Waals surface area (Å²) in [6, 6.07) is 3.96. The molecule has 90 valence electrons. The van der Waals surface area contributed by atoms with Gasteiger partial charge in [0.25, 0.3) is 0 Å². The molecule has 5 heteroatoms. The zero-order chi connectivity index (χ0) is 12.3. The highest BCUT2D eigenvalue weighted by Crippen LogP contribution is 2.23. The third kappa shape index (κ3) is 2.68. The molecule has 0 fully saturated rings. The van der Waals surface area contributed by atoms with Crippen molar-refractivity contribution in [3.8, 4) is 0 Å². The summed E-state index contributed by atoms with van der Waals surface area (Å²) in [6.07, 6.45) is 2.25. The van der Waals surface area contributed by atoms with E-state index in [1.165, 1.54) is 17.4 Å². The molecular formula is C12H12F2N2S. The van der Waals surface area contributed by atoms with Gasteiger partial charge in [-0.25, -0.2) is 13.8 Å². The lowest BCUT2D eigenvalue weighted by Crippen LogP contribution is -2.20. The largest absolute Gasteiger partial charge is 0.313 e. The Labute approximate surface area is 102 Å². The second-order valence-electron chi connectivity index (χ2n) is 3.61. The lowest BCUT2D eigenvalue weighted by molar-refractivity contribution is 0.473. The van der Waals surface area contributed by atoms with E-state index in [0.717, 1.165) is 11.1 Å². The highest BCUT2D eigenvalue weighted by molar-refractivity contribution is 7.09. The van der Waals surface area contributed by atoms with Crippen LogP contribution < -0.4 is 5.32 Å². The SMILES string of the molecule is CNC(Cc1nccs1)c1cccc(F)c1F. The van der Waals surface area contributed by atoms with Crippen LogP contribution in [0.25, 0.3) is 0 Å². The first kappa shape index (κ1) is 12.1. The minimum Gasteiger partial charge on any atom is -0.313 e. The van der Waals surface area contributed by atoms with E-state index in [1.807, 2.05) is 5.38 Å². The van der Waals surface area contributed by atoms with E-state index in [2.05, 4.69) is 10.3 Å². The number of likely N-dealkylation sites (N-methyl/N-ethyl adjacent to an activating group) is 1. The number of nitrogens with zero attached hydrogens (tertiary/aromatic N) is 1. The first-order valence-electron chi connectivity index (χ1n) is 5.22. The van der Waals surface area contributed by atoms with E-state index in [4.69, 9.17) is 0 Å². The lowest BCUT2D eigenvalue weighted by Gasteiger charge is -2.16. The van der Waals surface area contributed by atoms with Crippen LogP contribution in [0.4, 0.5) is 8.78 Å². The van der Waals surface area contributed by atoms with Crippen LogP contribution in [0.5, 0.6) is 0 Å². The van der Waals surface area contributed by atoms with Crippen LogP contribution in [0, 0.1) is 11.6 Å². The van der Waals surface area contributed by atoms with Gasteiger partial charge in [-0.05, 0) is 13.1 Å². The van der Waals surface area contributed by atoms with E-state index in [1.54, 1.807) is 19.3 Å². The summed E-state index contributed by atoms with van der Waals surface area (Å²) >= 11 is 1.50. The van der Waals surface area contributed by atoms with Crippen LogP contribution in [0.1, 0.15) is 16.6 Å². The van der Waals surface area contributed by atoms with Crippen LogP contribution in [-0.4, -0.2) is 12.0 Å². The van der Waals surface area contributed by atoms with Gasteiger partial charge in [0.2, 0.25) is 0 Å². The average Bonchev–Trinajstić information content (AvgIpc) is 2.83. The Morgan fingerprint density at radius 3 is 2.88 bits per heavy atom. The molecule has 0 aliphatic carbocycles.